The van der Waals surface area contributed by atoms with Crippen LogP contribution in [0, 0.1) is 5.92 Å². The van der Waals surface area contributed by atoms with Crippen LogP contribution in [-0.2, 0) is 11.2 Å². The van der Waals surface area contributed by atoms with Gasteiger partial charge in [0.1, 0.15) is 11.9 Å². The van der Waals surface area contributed by atoms with Crippen molar-refractivity contribution in [3.05, 3.63) is 28.8 Å². The van der Waals surface area contributed by atoms with E-state index in [4.69, 9.17) is 21.4 Å². The Hall–Kier alpha value is -1.26. The Morgan fingerprint density at radius 2 is 2.33 bits per heavy atom. The fraction of sp³-hybridized carbons (Fsp3) is 0.562. The number of nitrogens with zero attached hydrogens (tertiary/aromatic N) is 1. The van der Waals surface area contributed by atoms with Gasteiger partial charge in [-0.25, -0.2) is 0 Å². The lowest BCUT2D eigenvalue weighted by molar-refractivity contribution is -0.137. The van der Waals surface area contributed by atoms with E-state index in [0.29, 0.717) is 5.92 Å². The maximum absolute atomic E-state index is 10.6. The van der Waals surface area contributed by atoms with Crippen molar-refractivity contribution in [3.63, 3.8) is 0 Å². The van der Waals surface area contributed by atoms with Gasteiger partial charge in [-0.15, -0.1) is 0 Å². The van der Waals surface area contributed by atoms with E-state index in [1.165, 1.54) is 5.56 Å². The summed E-state index contributed by atoms with van der Waals surface area (Å²) in [6.07, 6.45) is 3.26. The molecule has 1 aromatic rings. The summed E-state index contributed by atoms with van der Waals surface area (Å²) < 4.78 is 5.96. The standard InChI is InChI=1S/C16H20ClNO3/c17-13-2-3-15-12(7-13)8-14(21-15)10-18-6-5-11(9-18)1-4-16(19)20/h2-3,7,11,14H,1,4-6,8-10H2,(H,19,20). The van der Waals surface area contributed by atoms with Gasteiger partial charge in [0.15, 0.2) is 0 Å². The highest BCUT2D eigenvalue weighted by Crippen LogP contribution is 2.32. The zero-order valence-electron chi connectivity index (χ0n) is 11.9. The molecule has 0 spiro atoms. The van der Waals surface area contributed by atoms with E-state index in [1.807, 2.05) is 18.2 Å². The predicted octanol–water partition coefficient (Wildman–Crippen LogP) is 2.83. The lowest BCUT2D eigenvalue weighted by atomic mass is 10.0. The normalized spacial score (nSPS) is 24.8. The smallest absolute Gasteiger partial charge is 0.303 e. The van der Waals surface area contributed by atoms with Gasteiger partial charge < -0.3 is 9.84 Å². The number of halogens is 1. The molecule has 0 bridgehead atoms. The molecule has 0 aliphatic carbocycles. The van der Waals surface area contributed by atoms with Crippen LogP contribution in [0.3, 0.4) is 0 Å². The van der Waals surface area contributed by atoms with Gasteiger partial charge >= 0.3 is 5.97 Å². The van der Waals surface area contributed by atoms with Gasteiger partial charge in [-0.3, -0.25) is 9.69 Å². The summed E-state index contributed by atoms with van der Waals surface area (Å²) in [6, 6.07) is 5.79. The molecule has 2 aliphatic rings. The number of carboxylic acids is 1. The minimum absolute atomic E-state index is 0.191. The van der Waals surface area contributed by atoms with Gasteiger partial charge in [0.25, 0.3) is 0 Å². The van der Waals surface area contributed by atoms with Gasteiger partial charge in [-0.1, -0.05) is 11.6 Å². The lowest BCUT2D eigenvalue weighted by Gasteiger charge is -2.20. The molecule has 1 N–H and O–H groups in total. The average molecular weight is 310 g/mol. The van der Waals surface area contributed by atoms with Gasteiger partial charge in [0.2, 0.25) is 0 Å². The molecule has 0 saturated carbocycles. The Labute approximate surface area is 129 Å². The monoisotopic (exact) mass is 309 g/mol. The number of hydrogen-bond acceptors (Lipinski definition) is 3. The third-order valence-corrected chi connectivity index (χ3v) is 4.60. The van der Waals surface area contributed by atoms with E-state index < -0.39 is 5.97 Å². The number of benzene rings is 1. The van der Waals surface area contributed by atoms with Gasteiger partial charge in [-0.2, -0.15) is 0 Å². The molecule has 1 aromatic carbocycles. The van der Waals surface area contributed by atoms with Crippen molar-refractivity contribution in [2.24, 2.45) is 5.92 Å². The highest BCUT2D eigenvalue weighted by molar-refractivity contribution is 6.30. The quantitative estimate of drug-likeness (QED) is 0.908. The molecule has 3 rings (SSSR count). The number of rotatable bonds is 5. The molecule has 0 aromatic heterocycles. The summed E-state index contributed by atoms with van der Waals surface area (Å²) >= 11 is 6.01. The molecule has 2 unspecified atom stereocenters. The zero-order chi connectivity index (χ0) is 14.8. The number of aliphatic carboxylic acids is 1. The molecule has 5 heteroatoms. The topological polar surface area (TPSA) is 49.8 Å². The number of likely N-dealkylation sites (tertiary alicyclic amines) is 1. The minimum Gasteiger partial charge on any atom is -0.488 e. The number of hydrogen-bond donors (Lipinski definition) is 1. The first kappa shape index (κ1) is 14.7. The second-order valence-corrected chi connectivity index (χ2v) is 6.48. The molecule has 2 atom stereocenters. The van der Waals surface area contributed by atoms with E-state index in [1.54, 1.807) is 0 Å². The van der Waals surface area contributed by atoms with E-state index in [9.17, 15) is 4.79 Å². The Kier molecular flexibility index (Phi) is 4.36. The highest BCUT2D eigenvalue weighted by atomic mass is 35.5. The molecule has 114 valence electrons. The third-order valence-electron chi connectivity index (χ3n) is 4.36. The maximum Gasteiger partial charge on any atom is 0.303 e. The van der Waals surface area contributed by atoms with Crippen LogP contribution >= 0.6 is 11.6 Å². The molecular formula is C16H20ClNO3. The molecule has 1 fully saturated rings. The van der Waals surface area contributed by atoms with Crippen LogP contribution in [0.4, 0.5) is 0 Å². The van der Waals surface area contributed by atoms with Crippen LogP contribution in [0.1, 0.15) is 24.8 Å². The molecule has 2 heterocycles. The Balaban J connectivity index is 1.48. The van der Waals surface area contributed by atoms with Crippen molar-refractivity contribution < 1.29 is 14.6 Å². The van der Waals surface area contributed by atoms with Crippen molar-refractivity contribution in [2.75, 3.05) is 19.6 Å². The van der Waals surface area contributed by atoms with Crippen LogP contribution in [0.15, 0.2) is 18.2 Å². The number of fused-ring (bicyclic) bond motifs is 1. The van der Waals surface area contributed by atoms with Crippen LogP contribution in [0.25, 0.3) is 0 Å². The van der Waals surface area contributed by atoms with Crippen molar-refractivity contribution in [2.45, 2.75) is 31.8 Å². The van der Waals surface area contributed by atoms with Gasteiger partial charge in [-0.05, 0) is 49.1 Å². The third kappa shape index (κ3) is 3.69. The molecule has 1 saturated heterocycles. The molecular weight excluding hydrogens is 290 g/mol. The Bertz CT molecular complexity index is 534. The van der Waals surface area contributed by atoms with Crippen molar-refractivity contribution in [3.8, 4) is 5.75 Å². The SMILES string of the molecule is O=C(O)CCC1CCN(CC2Cc3cc(Cl)ccc3O2)C1. The van der Waals surface area contributed by atoms with Crippen molar-refractivity contribution >= 4 is 17.6 Å². The second kappa shape index (κ2) is 6.24. The molecule has 0 amide bonds. The van der Waals surface area contributed by atoms with Gasteiger partial charge in [0, 0.05) is 31.0 Å². The Morgan fingerprint density at radius 3 is 3.14 bits per heavy atom. The summed E-state index contributed by atoms with van der Waals surface area (Å²) in [5.41, 5.74) is 1.19. The summed E-state index contributed by atoms with van der Waals surface area (Å²) in [7, 11) is 0. The molecule has 4 nitrogen and oxygen atoms in total. The summed E-state index contributed by atoms with van der Waals surface area (Å²) in [5, 5.41) is 9.50. The number of ether oxygens (including phenoxy) is 1. The fourth-order valence-corrected chi connectivity index (χ4v) is 3.52. The van der Waals surface area contributed by atoms with E-state index in [-0.39, 0.29) is 12.5 Å². The predicted molar refractivity (Wildman–Crippen MR) is 81.0 cm³/mol. The molecule has 0 radical (unpaired) electrons. The number of carbonyl (C=O) groups is 1. The van der Waals surface area contributed by atoms with E-state index >= 15 is 0 Å². The van der Waals surface area contributed by atoms with Crippen molar-refractivity contribution in [1.82, 2.24) is 4.90 Å². The Morgan fingerprint density at radius 1 is 1.48 bits per heavy atom. The first-order valence-electron chi connectivity index (χ1n) is 7.49. The number of carboxylic acid groups (broad SMARTS) is 1. The second-order valence-electron chi connectivity index (χ2n) is 6.04. The maximum atomic E-state index is 10.6. The molecule has 2 aliphatic heterocycles. The summed E-state index contributed by atoms with van der Waals surface area (Å²) in [5.74, 6) is 0.769. The van der Waals surface area contributed by atoms with Crippen LogP contribution in [0.2, 0.25) is 5.02 Å². The first-order chi connectivity index (χ1) is 10.1. The van der Waals surface area contributed by atoms with Crippen LogP contribution < -0.4 is 4.74 Å². The summed E-state index contributed by atoms with van der Waals surface area (Å²) in [4.78, 5) is 13.0. The van der Waals surface area contributed by atoms with Crippen molar-refractivity contribution in [1.29, 1.82) is 0 Å². The fourth-order valence-electron chi connectivity index (χ4n) is 3.32. The largest absolute Gasteiger partial charge is 0.488 e. The average Bonchev–Trinajstić information content (AvgIpc) is 3.02. The molecule has 21 heavy (non-hydrogen) atoms. The van der Waals surface area contributed by atoms with Crippen LogP contribution in [0.5, 0.6) is 5.75 Å². The van der Waals surface area contributed by atoms with E-state index in [0.717, 1.165) is 49.7 Å². The zero-order valence-corrected chi connectivity index (χ0v) is 12.7. The lowest BCUT2D eigenvalue weighted by Crippen LogP contribution is -2.33. The van der Waals surface area contributed by atoms with Gasteiger partial charge in [0.05, 0.1) is 0 Å². The highest BCUT2D eigenvalue weighted by Gasteiger charge is 2.29. The van der Waals surface area contributed by atoms with E-state index in [2.05, 4.69) is 4.90 Å². The van der Waals surface area contributed by atoms with Crippen LogP contribution in [-0.4, -0.2) is 41.7 Å². The summed E-state index contributed by atoms with van der Waals surface area (Å²) in [6.45, 7) is 2.95. The first-order valence-corrected chi connectivity index (χ1v) is 7.87. The minimum atomic E-state index is -0.695.